The molecule has 0 spiro atoms. The van der Waals surface area contributed by atoms with Gasteiger partial charge in [-0.15, -0.1) is 0 Å². The lowest BCUT2D eigenvalue weighted by Crippen LogP contribution is -2.63. The molecule has 0 heterocycles. The molecule has 0 aromatic heterocycles. The van der Waals surface area contributed by atoms with Crippen LogP contribution in [0.2, 0.25) is 412 Å². The Hall–Kier alpha value is 5.58. The second kappa shape index (κ2) is 46.8. The van der Waals surface area contributed by atoms with E-state index >= 15 is 0 Å². The minimum absolute atomic E-state index is 1.50. The first-order chi connectivity index (χ1) is 56.6. The van der Waals surface area contributed by atoms with Crippen molar-refractivity contribution in [2.45, 2.75) is 412 Å². The van der Waals surface area contributed by atoms with Gasteiger partial charge in [0.15, 0.2) is 8.32 Å². The van der Waals surface area contributed by atoms with Crippen molar-refractivity contribution >= 4 is 274 Å². The first-order valence-electron chi connectivity index (χ1n) is 46.0. The third-order valence-electron chi connectivity index (χ3n) is 15.9. The van der Waals surface area contributed by atoms with Gasteiger partial charge in [-0.2, -0.15) is 0 Å². The van der Waals surface area contributed by atoms with E-state index in [4.69, 9.17) is 141 Å². The highest BCUT2D eigenvalue weighted by Crippen LogP contribution is 2.39. The van der Waals surface area contributed by atoms with E-state index in [0.717, 1.165) is 0 Å². The van der Waals surface area contributed by atoms with Crippen LogP contribution in [0.25, 0.3) is 0 Å². The highest BCUT2D eigenvalue weighted by Gasteiger charge is 2.60. The van der Waals surface area contributed by atoms with Gasteiger partial charge in [0.25, 0.3) is 0 Å². The first-order valence-corrected chi connectivity index (χ1v) is 136. The van der Waals surface area contributed by atoms with Gasteiger partial charge in [0.05, 0.1) is 0 Å². The molecule has 0 aliphatic carbocycles. The standard InChI is InChI=1S/C66H198O34Si32/c1-67-132(68-2,69-3)100-131(65,66)99-130(63,64)98-129(61,62)97-128(59,60)96-127(57,58)95-126(55,56)94-125(53,54)93-124(51,52)92-123(49,50)91-122(47,48)90-121(45,46)89-120(43,44)88-119(41,42)87-118(39,40)86-117(37,38)85-116(35,36)84-115(33,34)83-114(31,32)82-113(29,30)81-112(27,28)80-111(25,26)79-110(23,24)78-109(21,22)77-108(19,20)76-107(17,18)75-106(15,16)74-105(13,14)73-104(11,12)72-103(9,10)71-102(7,8)70-101(4,5)6/h1-66H3. The summed E-state index contributed by atoms with van der Waals surface area (Å²) in [7, 11) is -87.1. The van der Waals surface area contributed by atoms with Crippen LogP contribution in [0.1, 0.15) is 0 Å². The summed E-state index contributed by atoms with van der Waals surface area (Å²) < 4.78 is 231. The molecular weight excluding hydrogens is 2240 g/mol. The van der Waals surface area contributed by atoms with Crippen molar-refractivity contribution in [3.05, 3.63) is 0 Å². The van der Waals surface area contributed by atoms with E-state index in [2.05, 4.69) is 203 Å². The van der Waals surface area contributed by atoms with Crippen molar-refractivity contribution in [3.8, 4) is 0 Å². The zero-order valence-corrected chi connectivity index (χ0v) is 128. The summed E-state index contributed by atoms with van der Waals surface area (Å²) in [5, 5.41) is 0. The summed E-state index contributed by atoms with van der Waals surface area (Å²) in [6.07, 6.45) is 0. The second-order valence-electron chi connectivity index (χ2n) is 48.4. The van der Waals surface area contributed by atoms with Gasteiger partial charge in [-0.05, 0) is 412 Å². The molecule has 0 rings (SSSR count). The molecule has 0 radical (unpaired) electrons. The van der Waals surface area contributed by atoms with Gasteiger partial charge in [0.1, 0.15) is 0 Å². The van der Waals surface area contributed by atoms with Gasteiger partial charge < -0.3 is 141 Å². The molecule has 0 fully saturated rings. The molecule has 34 nitrogen and oxygen atoms in total. The molecule has 0 atom stereocenters. The Kier molecular flexibility index (Phi) is 48.8. The zero-order chi connectivity index (χ0) is 106. The Labute approximate surface area is 841 Å². The quantitative estimate of drug-likeness (QED) is 0.0511. The maximum atomic E-state index is 7.04. The third kappa shape index (κ3) is 61.0. The van der Waals surface area contributed by atoms with Gasteiger partial charge in [0.2, 0.25) is 0 Å². The molecule has 0 bridgehead atoms. The van der Waals surface area contributed by atoms with Crippen LogP contribution < -0.4 is 0 Å². The fraction of sp³-hybridized carbons (Fsp3) is 1.00. The van der Waals surface area contributed by atoms with Gasteiger partial charge >= 0.3 is 266 Å². The number of hydrogen-bond donors (Lipinski definition) is 0. The third-order valence-corrected chi connectivity index (χ3v) is 139. The molecule has 0 unspecified atom stereocenters. The Balaban J connectivity index is 5.99. The minimum atomic E-state index is -3.38. The highest BCUT2D eigenvalue weighted by atomic mass is 28.6. The van der Waals surface area contributed by atoms with Crippen molar-refractivity contribution in [1.82, 2.24) is 0 Å². The Bertz CT molecular complexity index is 3420. The molecule has 0 saturated carbocycles. The zero-order valence-electron chi connectivity index (χ0n) is 95.9. The van der Waals surface area contributed by atoms with Crippen LogP contribution in [0.4, 0.5) is 0 Å². The van der Waals surface area contributed by atoms with E-state index < -0.39 is 274 Å². The smallest absolute Gasteiger partial charge is 0.437 e. The maximum Gasteiger partial charge on any atom is 0.669 e. The number of hydrogen-bond acceptors (Lipinski definition) is 34. The first kappa shape index (κ1) is 138. The summed E-state index contributed by atoms with van der Waals surface area (Å²) in [6, 6.07) is 0. The van der Waals surface area contributed by atoms with E-state index in [1.165, 1.54) is 21.3 Å². The van der Waals surface area contributed by atoms with E-state index in [9.17, 15) is 0 Å². The van der Waals surface area contributed by atoms with Gasteiger partial charge in [-0.1, -0.05) is 0 Å². The average Bonchev–Trinajstić information content (AvgIpc) is 0.800. The molecule has 0 aliphatic heterocycles. The predicted molar refractivity (Wildman–Crippen MR) is 608 cm³/mol. The molecule has 0 aliphatic rings. The Morgan fingerprint density at radius 1 is 0.0758 bits per heavy atom. The van der Waals surface area contributed by atoms with E-state index in [1.54, 1.807) is 0 Å². The lowest BCUT2D eigenvalue weighted by atomic mass is 11.8. The van der Waals surface area contributed by atoms with Crippen LogP contribution in [0, 0.1) is 0 Å². The van der Waals surface area contributed by atoms with Crippen molar-refractivity contribution in [3.63, 3.8) is 0 Å². The van der Waals surface area contributed by atoms with Gasteiger partial charge in [-0.3, -0.25) is 0 Å². The van der Waals surface area contributed by atoms with Crippen molar-refractivity contribution in [2.24, 2.45) is 0 Å². The maximum absolute atomic E-state index is 7.04. The molecule has 0 aromatic carbocycles. The molecule has 0 amide bonds. The normalized spacial score (nSPS) is 16.2. The van der Waals surface area contributed by atoms with E-state index in [0.29, 0.717) is 0 Å². The lowest BCUT2D eigenvalue weighted by Gasteiger charge is -2.45. The monoisotopic (exact) mass is 2430 g/mol. The average molecular weight is 2440 g/mol. The topological polar surface area (TPSA) is 314 Å². The highest BCUT2D eigenvalue weighted by molar-refractivity contribution is 6.99. The summed E-state index contributed by atoms with van der Waals surface area (Å²) in [5.41, 5.74) is 0. The SMILES string of the molecule is CO[Si](OC)(OC)O[Si](C)(C)O[Si](C)(C)O[Si](C)(C)O[Si](C)(C)O[Si](C)(C)O[Si](C)(C)O[Si](C)(C)O[Si](C)(C)O[Si](C)(C)O[Si](C)(C)O[Si](C)(C)O[Si](C)(C)O[Si](C)(C)O[Si](C)(C)O[Si](C)(C)O[Si](C)(C)O[Si](C)(C)O[Si](C)(C)O[Si](C)(C)O[Si](C)(C)O[Si](C)(C)O[Si](C)(C)O[Si](C)(C)O[Si](C)(C)O[Si](C)(C)O[Si](C)(C)O[Si](C)(C)O[Si](C)(C)O[Si](C)(C)O[Si](C)(C)O[Si](C)(C)C. The molecule has 66 heteroatoms. The predicted octanol–water partition coefficient (Wildman–Crippen LogP) is 22.8. The van der Waals surface area contributed by atoms with Crippen molar-refractivity contribution < 1.29 is 141 Å². The lowest BCUT2D eigenvalue weighted by molar-refractivity contribution is 0.0403. The molecule has 0 N–H and O–H groups in total. The molecule has 0 aromatic rings. The molecular formula is C66H198O34Si32. The second-order valence-corrected chi connectivity index (χ2v) is 164. The van der Waals surface area contributed by atoms with Crippen LogP contribution in [0.15, 0.2) is 0 Å². The fourth-order valence-electron chi connectivity index (χ4n) is 19.2. The van der Waals surface area contributed by atoms with Crippen LogP contribution in [-0.4, -0.2) is 296 Å². The molecule has 132 heavy (non-hydrogen) atoms. The Morgan fingerprint density at radius 2 is 0.129 bits per heavy atom. The van der Waals surface area contributed by atoms with Crippen LogP contribution in [0.5, 0.6) is 0 Å². The van der Waals surface area contributed by atoms with Gasteiger partial charge in [-0.25, -0.2) is 0 Å². The van der Waals surface area contributed by atoms with Crippen molar-refractivity contribution in [2.75, 3.05) is 21.3 Å². The summed E-state index contributed by atoms with van der Waals surface area (Å²) in [5.74, 6) is 0. The fourth-order valence-corrected chi connectivity index (χ4v) is 183. The van der Waals surface area contributed by atoms with Crippen molar-refractivity contribution in [1.29, 1.82) is 0 Å². The van der Waals surface area contributed by atoms with Crippen LogP contribution in [0.3, 0.4) is 0 Å². The molecule has 794 valence electrons. The van der Waals surface area contributed by atoms with Crippen LogP contribution >= 0.6 is 0 Å². The summed E-state index contributed by atoms with van der Waals surface area (Å²) >= 11 is 0. The van der Waals surface area contributed by atoms with E-state index in [1.807, 2.05) is 210 Å². The summed E-state index contributed by atoms with van der Waals surface area (Å²) in [4.78, 5) is 0. The van der Waals surface area contributed by atoms with Crippen LogP contribution in [-0.2, 0) is 141 Å². The summed E-state index contributed by atoms with van der Waals surface area (Å²) in [6.45, 7) is 129. The van der Waals surface area contributed by atoms with E-state index in [-0.39, 0.29) is 0 Å². The Morgan fingerprint density at radius 3 is 0.182 bits per heavy atom. The minimum Gasteiger partial charge on any atom is -0.437 e. The largest absolute Gasteiger partial charge is 0.669 e. The molecule has 0 saturated heterocycles. The van der Waals surface area contributed by atoms with Gasteiger partial charge in [0, 0.05) is 21.3 Å². The number of rotatable bonds is 65.